The van der Waals surface area contributed by atoms with Crippen molar-refractivity contribution in [1.29, 1.82) is 0 Å². The summed E-state index contributed by atoms with van der Waals surface area (Å²) in [6.07, 6.45) is 8.62. The van der Waals surface area contributed by atoms with E-state index in [2.05, 4.69) is 27.7 Å². The number of aliphatic carboxylic acids is 2. The summed E-state index contributed by atoms with van der Waals surface area (Å²) in [4.78, 5) is 25.4. The van der Waals surface area contributed by atoms with Crippen molar-refractivity contribution in [3.8, 4) is 0 Å². The Balaban J connectivity index is 2.44. The van der Waals surface area contributed by atoms with Crippen molar-refractivity contribution in [3.63, 3.8) is 0 Å². The number of epoxide rings is 1. The molecule has 5 nitrogen and oxygen atoms in total. The Hall–Kier alpha value is -1.10. The predicted molar refractivity (Wildman–Crippen MR) is 109 cm³/mol. The van der Waals surface area contributed by atoms with Crippen molar-refractivity contribution in [3.05, 3.63) is 0 Å². The zero-order chi connectivity index (χ0) is 21.7. The SMILES string of the molecule is CCCCC(CC)CC1(C(=O)[O-])CC2OC2CC1(CC(CC)CCCC)C(=O)[O-]. The van der Waals surface area contributed by atoms with Gasteiger partial charge in [-0.2, -0.15) is 0 Å². The van der Waals surface area contributed by atoms with Gasteiger partial charge in [-0.25, -0.2) is 0 Å². The molecule has 168 valence electrons. The van der Waals surface area contributed by atoms with Gasteiger partial charge in [-0.3, -0.25) is 0 Å². The summed E-state index contributed by atoms with van der Waals surface area (Å²) in [5, 5.41) is 25.4. The molecule has 0 aromatic rings. The number of fused-ring (bicyclic) bond motifs is 1. The molecule has 0 N–H and O–H groups in total. The van der Waals surface area contributed by atoms with Crippen LogP contribution in [0.2, 0.25) is 0 Å². The lowest BCUT2D eigenvalue weighted by Crippen LogP contribution is -2.64. The largest absolute Gasteiger partial charge is 0.550 e. The quantitative estimate of drug-likeness (QED) is 0.411. The summed E-state index contributed by atoms with van der Waals surface area (Å²) in [5.74, 6) is -2.07. The van der Waals surface area contributed by atoms with Crippen LogP contribution in [0.5, 0.6) is 0 Å². The topological polar surface area (TPSA) is 92.8 Å². The summed E-state index contributed by atoms with van der Waals surface area (Å²) in [5.41, 5.74) is -2.81. The molecule has 0 radical (unpaired) electrons. The highest BCUT2D eigenvalue weighted by molar-refractivity contribution is 5.85. The highest BCUT2D eigenvalue weighted by atomic mass is 16.6. The number of carboxylic acid groups (broad SMARTS) is 2. The number of rotatable bonds is 14. The van der Waals surface area contributed by atoms with Gasteiger partial charge in [0.05, 0.1) is 12.2 Å². The van der Waals surface area contributed by atoms with Crippen molar-refractivity contribution in [2.24, 2.45) is 22.7 Å². The van der Waals surface area contributed by atoms with Crippen LogP contribution in [0.3, 0.4) is 0 Å². The molecule has 6 unspecified atom stereocenters. The fraction of sp³-hybridized carbons (Fsp3) is 0.917. The maximum atomic E-state index is 12.7. The Morgan fingerprint density at radius 2 is 1.21 bits per heavy atom. The van der Waals surface area contributed by atoms with Crippen molar-refractivity contribution in [1.82, 2.24) is 0 Å². The Morgan fingerprint density at radius 1 is 0.828 bits per heavy atom. The van der Waals surface area contributed by atoms with E-state index in [1.807, 2.05) is 0 Å². The average Bonchev–Trinajstić information content (AvgIpc) is 3.44. The summed E-state index contributed by atoms with van der Waals surface area (Å²) in [6.45, 7) is 8.38. The van der Waals surface area contributed by atoms with E-state index < -0.39 is 22.8 Å². The molecular weight excluding hydrogens is 368 g/mol. The highest BCUT2D eigenvalue weighted by Gasteiger charge is 2.64. The molecule has 0 aromatic carbocycles. The molecule has 1 aliphatic heterocycles. The van der Waals surface area contributed by atoms with Crippen LogP contribution in [0, 0.1) is 22.7 Å². The smallest absolute Gasteiger partial charge is 0.0851 e. The second kappa shape index (κ2) is 10.3. The molecule has 29 heavy (non-hydrogen) atoms. The Kier molecular flexibility index (Phi) is 8.57. The normalized spacial score (nSPS) is 33.0. The van der Waals surface area contributed by atoms with E-state index in [9.17, 15) is 19.8 Å². The molecule has 0 aromatic heterocycles. The van der Waals surface area contributed by atoms with Crippen molar-refractivity contribution >= 4 is 11.9 Å². The molecule has 2 aliphatic rings. The number of carboxylic acids is 2. The number of unbranched alkanes of at least 4 members (excludes halogenated alkanes) is 2. The highest BCUT2D eigenvalue weighted by Crippen LogP contribution is 2.62. The first-order chi connectivity index (χ1) is 13.8. The first-order valence-corrected chi connectivity index (χ1v) is 11.9. The third-order valence-electron chi connectivity index (χ3n) is 7.85. The maximum Gasteiger partial charge on any atom is 0.0851 e. The van der Waals surface area contributed by atoms with Gasteiger partial charge in [-0.1, -0.05) is 79.1 Å². The van der Waals surface area contributed by atoms with Crippen LogP contribution < -0.4 is 10.2 Å². The zero-order valence-electron chi connectivity index (χ0n) is 18.8. The molecule has 5 heteroatoms. The first kappa shape index (κ1) is 24.2. The molecule has 2 rings (SSSR count). The third-order valence-corrected chi connectivity index (χ3v) is 7.85. The van der Waals surface area contributed by atoms with E-state index >= 15 is 0 Å². The standard InChI is InChI=1S/C24H42O5/c1-5-9-11-17(7-3)13-23(21(25)26)15-19-20(29-19)16-24(23,22(27)28)14-18(8-4)12-10-6-2/h17-20H,5-16H2,1-4H3,(H,25,26)(H,27,28)/p-2. The van der Waals surface area contributed by atoms with E-state index in [4.69, 9.17) is 4.74 Å². The summed E-state index contributed by atoms with van der Waals surface area (Å²) < 4.78 is 5.70. The number of carbonyl (C=O) groups is 2. The van der Waals surface area contributed by atoms with Gasteiger partial charge in [0.15, 0.2) is 0 Å². The van der Waals surface area contributed by atoms with Gasteiger partial charge < -0.3 is 24.5 Å². The van der Waals surface area contributed by atoms with Gasteiger partial charge in [0.2, 0.25) is 0 Å². The lowest BCUT2D eigenvalue weighted by molar-refractivity contribution is -0.350. The molecule has 1 aliphatic carbocycles. The zero-order valence-corrected chi connectivity index (χ0v) is 18.8. The van der Waals surface area contributed by atoms with Crippen LogP contribution in [0.25, 0.3) is 0 Å². The minimum absolute atomic E-state index is 0.139. The van der Waals surface area contributed by atoms with Gasteiger partial charge in [0.25, 0.3) is 0 Å². The third kappa shape index (κ3) is 4.98. The number of hydrogen-bond donors (Lipinski definition) is 0. The Morgan fingerprint density at radius 3 is 1.48 bits per heavy atom. The Bertz CT molecular complexity index is 513. The molecule has 0 bridgehead atoms. The second-order valence-corrected chi connectivity index (χ2v) is 9.60. The van der Waals surface area contributed by atoms with Crippen molar-refractivity contribution in [2.75, 3.05) is 0 Å². The number of ether oxygens (including phenoxy) is 1. The fourth-order valence-corrected chi connectivity index (χ4v) is 5.77. The summed E-state index contributed by atoms with van der Waals surface area (Å²) in [6, 6.07) is 0. The molecule has 2 fully saturated rings. The molecule has 0 amide bonds. The maximum absolute atomic E-state index is 12.7. The number of hydrogen-bond acceptors (Lipinski definition) is 5. The predicted octanol–water partition coefficient (Wildman–Crippen LogP) is 3.23. The van der Waals surface area contributed by atoms with Gasteiger partial charge in [0.1, 0.15) is 0 Å². The lowest BCUT2D eigenvalue weighted by Gasteiger charge is -2.56. The van der Waals surface area contributed by atoms with Crippen molar-refractivity contribution < 1.29 is 24.5 Å². The van der Waals surface area contributed by atoms with Crippen LogP contribution in [-0.4, -0.2) is 24.1 Å². The summed E-state index contributed by atoms with van der Waals surface area (Å²) in [7, 11) is 0. The molecular formula is C24H40O5-2. The van der Waals surface area contributed by atoms with Gasteiger partial charge in [-0.05, 0) is 37.5 Å². The second-order valence-electron chi connectivity index (χ2n) is 9.60. The van der Waals surface area contributed by atoms with Crippen LogP contribution in [0.4, 0.5) is 0 Å². The molecule has 1 saturated carbocycles. The van der Waals surface area contributed by atoms with Crippen LogP contribution in [0.15, 0.2) is 0 Å². The molecule has 6 atom stereocenters. The van der Waals surface area contributed by atoms with E-state index in [1.165, 1.54) is 0 Å². The fourth-order valence-electron chi connectivity index (χ4n) is 5.77. The van der Waals surface area contributed by atoms with Crippen molar-refractivity contribution in [2.45, 2.75) is 117 Å². The van der Waals surface area contributed by atoms with E-state index in [0.717, 1.165) is 51.4 Å². The van der Waals surface area contributed by atoms with Crippen LogP contribution >= 0.6 is 0 Å². The monoisotopic (exact) mass is 408 g/mol. The molecule has 1 saturated heterocycles. The van der Waals surface area contributed by atoms with Crippen LogP contribution in [0.1, 0.15) is 105 Å². The number of carbonyl (C=O) groups excluding carboxylic acids is 2. The van der Waals surface area contributed by atoms with E-state index in [0.29, 0.717) is 12.8 Å². The van der Waals surface area contributed by atoms with Gasteiger partial charge in [-0.15, -0.1) is 0 Å². The first-order valence-electron chi connectivity index (χ1n) is 11.9. The molecule has 0 spiro atoms. The van der Waals surface area contributed by atoms with Crippen LogP contribution in [-0.2, 0) is 14.3 Å². The van der Waals surface area contributed by atoms with Gasteiger partial charge in [0, 0.05) is 22.8 Å². The minimum Gasteiger partial charge on any atom is -0.550 e. The summed E-state index contributed by atoms with van der Waals surface area (Å²) >= 11 is 0. The van der Waals surface area contributed by atoms with E-state index in [-0.39, 0.29) is 36.9 Å². The average molecular weight is 409 g/mol. The minimum atomic E-state index is -1.41. The van der Waals surface area contributed by atoms with E-state index in [1.54, 1.807) is 0 Å². The van der Waals surface area contributed by atoms with Gasteiger partial charge >= 0.3 is 0 Å². The molecule has 1 heterocycles. The Labute approximate surface area is 176 Å². The lowest BCUT2D eigenvalue weighted by atomic mass is 9.50.